The number of nitrogens with one attached hydrogen (secondary N) is 1. The molecule has 3 aromatic rings. The van der Waals surface area contributed by atoms with E-state index in [0.29, 0.717) is 5.56 Å². The SMILES string of the molecule is CC(C)Oc1ccc(C(=O)NCC(C)(O)c2ccc(-c3ccccc3)cc2)cc1. The van der Waals surface area contributed by atoms with Crippen LogP contribution in [-0.4, -0.2) is 23.7 Å². The van der Waals surface area contributed by atoms with Crippen LogP contribution in [0, 0.1) is 0 Å². The molecule has 0 heterocycles. The third-order valence-electron chi connectivity index (χ3n) is 4.70. The molecule has 0 bridgehead atoms. The van der Waals surface area contributed by atoms with Gasteiger partial charge in [0, 0.05) is 5.56 Å². The van der Waals surface area contributed by atoms with Crippen LogP contribution in [0.5, 0.6) is 5.75 Å². The molecular formula is C25H27NO3. The van der Waals surface area contributed by atoms with E-state index >= 15 is 0 Å². The van der Waals surface area contributed by atoms with Gasteiger partial charge >= 0.3 is 0 Å². The summed E-state index contributed by atoms with van der Waals surface area (Å²) in [5.41, 5.74) is 2.30. The molecule has 1 amide bonds. The zero-order valence-corrected chi connectivity index (χ0v) is 17.1. The van der Waals surface area contributed by atoms with Gasteiger partial charge in [0.1, 0.15) is 11.4 Å². The van der Waals surface area contributed by atoms with Crippen LogP contribution in [-0.2, 0) is 5.60 Å². The van der Waals surface area contributed by atoms with Crippen molar-refractivity contribution in [3.05, 3.63) is 90.0 Å². The summed E-state index contributed by atoms with van der Waals surface area (Å²) in [5, 5.41) is 13.7. The lowest BCUT2D eigenvalue weighted by Crippen LogP contribution is -2.38. The molecule has 1 atom stereocenters. The molecule has 0 fully saturated rings. The molecule has 0 aliphatic heterocycles. The smallest absolute Gasteiger partial charge is 0.251 e. The molecular weight excluding hydrogens is 362 g/mol. The van der Waals surface area contributed by atoms with Crippen molar-refractivity contribution >= 4 is 5.91 Å². The Hall–Kier alpha value is -3.11. The van der Waals surface area contributed by atoms with E-state index in [0.717, 1.165) is 22.4 Å². The van der Waals surface area contributed by atoms with E-state index < -0.39 is 5.60 Å². The van der Waals surface area contributed by atoms with Crippen LogP contribution in [0.2, 0.25) is 0 Å². The van der Waals surface area contributed by atoms with Crippen molar-refractivity contribution in [1.29, 1.82) is 0 Å². The Bertz CT molecular complexity index is 930. The highest BCUT2D eigenvalue weighted by atomic mass is 16.5. The second-order valence-corrected chi connectivity index (χ2v) is 7.59. The Labute approximate surface area is 172 Å². The van der Waals surface area contributed by atoms with Gasteiger partial charge in [0.25, 0.3) is 5.91 Å². The van der Waals surface area contributed by atoms with Crippen molar-refractivity contribution in [3.63, 3.8) is 0 Å². The summed E-state index contributed by atoms with van der Waals surface area (Å²) in [6, 6.07) is 24.8. The summed E-state index contributed by atoms with van der Waals surface area (Å²) < 4.78 is 5.59. The highest BCUT2D eigenvalue weighted by Gasteiger charge is 2.24. The summed E-state index contributed by atoms with van der Waals surface area (Å²) in [4.78, 5) is 12.4. The zero-order valence-electron chi connectivity index (χ0n) is 17.1. The predicted molar refractivity (Wildman–Crippen MR) is 116 cm³/mol. The number of carbonyl (C=O) groups is 1. The minimum absolute atomic E-state index is 0.0815. The summed E-state index contributed by atoms with van der Waals surface area (Å²) in [7, 11) is 0. The van der Waals surface area contributed by atoms with E-state index in [1.807, 2.05) is 68.4 Å². The lowest BCUT2D eigenvalue weighted by molar-refractivity contribution is 0.0526. The van der Waals surface area contributed by atoms with Gasteiger partial charge in [0.2, 0.25) is 0 Å². The lowest BCUT2D eigenvalue weighted by atomic mass is 9.93. The van der Waals surface area contributed by atoms with E-state index in [2.05, 4.69) is 5.32 Å². The average Bonchev–Trinajstić information content (AvgIpc) is 2.73. The van der Waals surface area contributed by atoms with Crippen LogP contribution in [0.25, 0.3) is 11.1 Å². The third kappa shape index (κ3) is 5.46. The predicted octanol–water partition coefficient (Wildman–Crippen LogP) is 4.78. The van der Waals surface area contributed by atoms with Crippen LogP contribution < -0.4 is 10.1 Å². The molecule has 0 spiro atoms. The van der Waals surface area contributed by atoms with Crippen LogP contribution in [0.15, 0.2) is 78.9 Å². The van der Waals surface area contributed by atoms with E-state index in [1.54, 1.807) is 31.2 Å². The van der Waals surface area contributed by atoms with Gasteiger partial charge in [-0.2, -0.15) is 0 Å². The van der Waals surface area contributed by atoms with Crippen molar-refractivity contribution < 1.29 is 14.6 Å². The van der Waals surface area contributed by atoms with Gasteiger partial charge in [-0.15, -0.1) is 0 Å². The minimum Gasteiger partial charge on any atom is -0.491 e. The molecule has 2 N–H and O–H groups in total. The number of ether oxygens (including phenoxy) is 1. The molecule has 0 aromatic heterocycles. The van der Waals surface area contributed by atoms with Gasteiger partial charge in [0.05, 0.1) is 12.6 Å². The maximum atomic E-state index is 12.4. The second kappa shape index (κ2) is 8.93. The highest BCUT2D eigenvalue weighted by Crippen LogP contribution is 2.25. The first-order valence-corrected chi connectivity index (χ1v) is 9.78. The molecule has 0 aliphatic rings. The van der Waals surface area contributed by atoms with Crippen LogP contribution in [0.3, 0.4) is 0 Å². The monoisotopic (exact) mass is 389 g/mol. The Morgan fingerprint density at radius 1 is 0.931 bits per heavy atom. The number of amides is 1. The van der Waals surface area contributed by atoms with Crippen LogP contribution in [0.4, 0.5) is 0 Å². The average molecular weight is 389 g/mol. The number of rotatable bonds is 7. The molecule has 3 aromatic carbocycles. The normalized spacial score (nSPS) is 13.0. The number of hydrogen-bond acceptors (Lipinski definition) is 3. The summed E-state index contributed by atoms with van der Waals surface area (Å²) >= 11 is 0. The summed E-state index contributed by atoms with van der Waals surface area (Å²) in [6.45, 7) is 5.72. The van der Waals surface area contributed by atoms with E-state index in [-0.39, 0.29) is 18.6 Å². The molecule has 1 unspecified atom stereocenters. The standard InChI is InChI=1S/C25H27NO3/c1-18(2)29-23-15-11-21(12-16-23)24(27)26-17-25(3,28)22-13-9-20(10-14-22)19-7-5-4-6-8-19/h4-16,18,28H,17H2,1-3H3,(H,26,27). The van der Waals surface area contributed by atoms with Crippen molar-refractivity contribution in [2.45, 2.75) is 32.5 Å². The molecule has 0 aliphatic carbocycles. The second-order valence-electron chi connectivity index (χ2n) is 7.59. The minimum atomic E-state index is -1.18. The molecule has 4 nitrogen and oxygen atoms in total. The molecule has 29 heavy (non-hydrogen) atoms. The molecule has 0 radical (unpaired) electrons. The number of aliphatic hydroxyl groups is 1. The van der Waals surface area contributed by atoms with Crippen molar-refractivity contribution in [1.82, 2.24) is 5.32 Å². The third-order valence-corrected chi connectivity index (χ3v) is 4.70. The Balaban J connectivity index is 1.62. The first kappa shape index (κ1) is 20.6. The zero-order chi connectivity index (χ0) is 20.9. The lowest BCUT2D eigenvalue weighted by Gasteiger charge is -2.24. The Morgan fingerprint density at radius 3 is 2.10 bits per heavy atom. The van der Waals surface area contributed by atoms with E-state index in [4.69, 9.17) is 4.74 Å². The Morgan fingerprint density at radius 2 is 1.52 bits per heavy atom. The van der Waals surface area contributed by atoms with Gasteiger partial charge in [-0.1, -0.05) is 54.6 Å². The van der Waals surface area contributed by atoms with E-state index in [9.17, 15) is 9.90 Å². The highest BCUT2D eigenvalue weighted by molar-refractivity contribution is 5.94. The molecule has 0 saturated carbocycles. The fourth-order valence-electron chi connectivity index (χ4n) is 3.07. The van der Waals surface area contributed by atoms with Gasteiger partial charge in [-0.05, 0) is 61.7 Å². The fraction of sp³-hybridized carbons (Fsp3) is 0.240. The quantitative estimate of drug-likeness (QED) is 0.611. The van der Waals surface area contributed by atoms with Gasteiger partial charge < -0.3 is 15.2 Å². The van der Waals surface area contributed by atoms with Crippen LogP contribution >= 0.6 is 0 Å². The molecule has 3 rings (SSSR count). The Kier molecular flexibility index (Phi) is 6.35. The largest absolute Gasteiger partial charge is 0.491 e. The molecule has 4 heteroatoms. The first-order chi connectivity index (χ1) is 13.8. The summed E-state index contributed by atoms with van der Waals surface area (Å²) in [5.74, 6) is 0.490. The number of benzene rings is 3. The van der Waals surface area contributed by atoms with Crippen LogP contribution in [0.1, 0.15) is 36.7 Å². The van der Waals surface area contributed by atoms with E-state index in [1.165, 1.54) is 0 Å². The van der Waals surface area contributed by atoms with Gasteiger partial charge in [0.15, 0.2) is 0 Å². The number of hydrogen-bond donors (Lipinski definition) is 2. The van der Waals surface area contributed by atoms with Gasteiger partial charge in [-0.3, -0.25) is 4.79 Å². The van der Waals surface area contributed by atoms with Crippen molar-refractivity contribution in [2.75, 3.05) is 6.54 Å². The maximum Gasteiger partial charge on any atom is 0.251 e. The topological polar surface area (TPSA) is 58.6 Å². The van der Waals surface area contributed by atoms with Crippen molar-refractivity contribution in [3.8, 4) is 16.9 Å². The first-order valence-electron chi connectivity index (χ1n) is 9.78. The maximum absolute atomic E-state index is 12.4. The fourth-order valence-corrected chi connectivity index (χ4v) is 3.07. The van der Waals surface area contributed by atoms with Gasteiger partial charge in [-0.25, -0.2) is 0 Å². The number of carbonyl (C=O) groups excluding carboxylic acids is 1. The summed E-state index contributed by atoms with van der Waals surface area (Å²) in [6.07, 6.45) is 0.0815. The van der Waals surface area contributed by atoms with Crippen molar-refractivity contribution in [2.24, 2.45) is 0 Å². The molecule has 150 valence electrons. The molecule has 0 saturated heterocycles.